The Bertz CT molecular complexity index is 1300. The van der Waals surface area contributed by atoms with Crippen LogP contribution in [0.25, 0.3) is 0 Å². The van der Waals surface area contributed by atoms with Gasteiger partial charge in [-0.25, -0.2) is 0 Å². The van der Waals surface area contributed by atoms with Gasteiger partial charge in [-0.1, -0.05) is 29.8 Å². The number of halogens is 4. The Morgan fingerprint density at radius 3 is 2.50 bits per heavy atom. The van der Waals surface area contributed by atoms with E-state index in [-0.39, 0.29) is 31.4 Å². The summed E-state index contributed by atoms with van der Waals surface area (Å²) in [6.07, 6.45) is -4.37. The summed E-state index contributed by atoms with van der Waals surface area (Å²) in [5, 5.41) is 12.8. The average molecular weight is 551 g/mol. The lowest BCUT2D eigenvalue weighted by Crippen LogP contribution is -2.37. The van der Waals surface area contributed by atoms with Gasteiger partial charge in [0.2, 0.25) is 0 Å². The number of hydrogen-bond donors (Lipinski definition) is 2. The van der Waals surface area contributed by atoms with Gasteiger partial charge < -0.3 is 29.5 Å². The largest absolute Gasteiger partial charge is 0.573 e. The molecule has 3 aromatic rings. The van der Waals surface area contributed by atoms with E-state index < -0.39 is 12.4 Å². The quantitative estimate of drug-likeness (QED) is 0.357. The van der Waals surface area contributed by atoms with Crippen LogP contribution in [0.5, 0.6) is 17.2 Å². The zero-order chi connectivity index (χ0) is 27.4. The van der Waals surface area contributed by atoms with Gasteiger partial charge in [0.05, 0.1) is 19.4 Å². The number of alkyl halides is 3. The van der Waals surface area contributed by atoms with Crippen molar-refractivity contribution in [1.82, 2.24) is 0 Å². The lowest BCUT2D eigenvalue weighted by Gasteiger charge is -2.27. The number of aliphatic hydroxyl groups excluding tert-OH is 1. The lowest BCUT2D eigenvalue weighted by atomic mass is 10.0. The van der Waals surface area contributed by atoms with Crippen LogP contribution < -0.4 is 24.4 Å². The summed E-state index contributed by atoms with van der Waals surface area (Å²) >= 11 is 6.07. The summed E-state index contributed by atoms with van der Waals surface area (Å²) in [6.45, 7) is 1.71. The zero-order valence-electron chi connectivity index (χ0n) is 20.6. The second-order valence-corrected chi connectivity index (χ2v) is 9.07. The number of nitrogens with zero attached hydrogens (tertiary/aromatic N) is 1. The van der Waals surface area contributed by atoms with Gasteiger partial charge in [-0.2, -0.15) is 0 Å². The number of anilines is 2. The van der Waals surface area contributed by atoms with E-state index in [1.54, 1.807) is 48.5 Å². The highest BCUT2D eigenvalue weighted by Crippen LogP contribution is 2.39. The number of nitrogens with one attached hydrogen (secondary N) is 1. The highest BCUT2D eigenvalue weighted by Gasteiger charge is 2.35. The molecule has 0 aromatic heterocycles. The van der Waals surface area contributed by atoms with Gasteiger partial charge in [-0.3, -0.25) is 4.79 Å². The standard InChI is InChI=1S/C27H26ClF3N2O5/c1-16-11-18-7-8-33(23(18)15-24(16)38-27(29,30)31)26(35)25(17-3-5-19(28)6-4-17)32-20-12-21(36-2)14-22(13-20)37-10-9-34/h3-6,11-15,25,32,34H,7-10H2,1-2H3. The molecule has 0 aliphatic carbocycles. The Morgan fingerprint density at radius 1 is 1.13 bits per heavy atom. The number of fused-ring (bicyclic) bond motifs is 1. The highest BCUT2D eigenvalue weighted by molar-refractivity contribution is 6.30. The molecule has 1 atom stereocenters. The Labute approximate surface area is 222 Å². The minimum absolute atomic E-state index is 0.0679. The SMILES string of the molecule is COc1cc(NC(C(=O)N2CCc3cc(C)c(OC(F)(F)F)cc32)c2ccc(Cl)cc2)cc(OCCO)c1. The first kappa shape index (κ1) is 27.4. The predicted molar refractivity (Wildman–Crippen MR) is 137 cm³/mol. The molecule has 0 saturated heterocycles. The summed E-state index contributed by atoms with van der Waals surface area (Å²) in [4.78, 5) is 15.4. The third kappa shape index (κ3) is 6.43. The molecule has 1 amide bonds. The fourth-order valence-corrected chi connectivity index (χ4v) is 4.42. The molecular weight excluding hydrogens is 525 g/mol. The first-order valence-electron chi connectivity index (χ1n) is 11.7. The highest BCUT2D eigenvalue weighted by atomic mass is 35.5. The minimum atomic E-state index is -4.86. The fourth-order valence-electron chi connectivity index (χ4n) is 4.29. The smallest absolute Gasteiger partial charge is 0.497 e. The van der Waals surface area contributed by atoms with Gasteiger partial charge in [0.25, 0.3) is 5.91 Å². The maximum Gasteiger partial charge on any atom is 0.573 e. The predicted octanol–water partition coefficient (Wildman–Crippen LogP) is 5.67. The average Bonchev–Trinajstić information content (AvgIpc) is 3.28. The molecule has 0 spiro atoms. The van der Waals surface area contributed by atoms with Gasteiger partial charge in [-0.05, 0) is 42.2 Å². The number of rotatable bonds is 9. The van der Waals surface area contributed by atoms with Crippen molar-refractivity contribution in [2.75, 3.05) is 37.1 Å². The molecule has 0 bridgehead atoms. The van der Waals surface area contributed by atoms with Crippen LogP contribution in [-0.4, -0.2) is 44.2 Å². The molecule has 0 fully saturated rings. The Morgan fingerprint density at radius 2 is 1.84 bits per heavy atom. The molecule has 38 heavy (non-hydrogen) atoms. The Kier molecular flexibility index (Phi) is 8.23. The maximum absolute atomic E-state index is 14.0. The molecular formula is C27H26ClF3N2O5. The first-order chi connectivity index (χ1) is 18.1. The molecule has 0 radical (unpaired) electrons. The van der Waals surface area contributed by atoms with Gasteiger partial charge in [0, 0.05) is 41.5 Å². The minimum Gasteiger partial charge on any atom is -0.497 e. The number of carbonyl (C=O) groups is 1. The van der Waals surface area contributed by atoms with E-state index in [0.717, 1.165) is 5.56 Å². The number of aliphatic hydroxyl groups is 1. The van der Waals surface area contributed by atoms with Crippen molar-refractivity contribution >= 4 is 28.9 Å². The molecule has 0 saturated carbocycles. The molecule has 11 heteroatoms. The number of amides is 1. The van der Waals surface area contributed by atoms with Crippen molar-refractivity contribution in [1.29, 1.82) is 0 Å². The molecule has 7 nitrogen and oxygen atoms in total. The van der Waals surface area contributed by atoms with Crippen molar-refractivity contribution in [3.8, 4) is 17.2 Å². The molecule has 1 aliphatic heterocycles. The number of aryl methyl sites for hydroxylation is 1. The number of benzene rings is 3. The number of carbonyl (C=O) groups excluding carboxylic acids is 1. The van der Waals surface area contributed by atoms with Gasteiger partial charge >= 0.3 is 6.36 Å². The van der Waals surface area contributed by atoms with Crippen molar-refractivity contribution in [2.45, 2.75) is 25.7 Å². The Balaban J connectivity index is 1.71. The van der Waals surface area contributed by atoms with Crippen molar-refractivity contribution in [3.05, 3.63) is 76.3 Å². The van der Waals surface area contributed by atoms with E-state index in [1.807, 2.05) is 0 Å². The molecule has 2 N–H and O–H groups in total. The van der Waals surface area contributed by atoms with Gasteiger partial charge in [0.15, 0.2) is 0 Å². The topological polar surface area (TPSA) is 80.3 Å². The second-order valence-electron chi connectivity index (χ2n) is 8.63. The van der Waals surface area contributed by atoms with Crippen LogP contribution in [-0.2, 0) is 11.2 Å². The molecule has 4 rings (SSSR count). The van der Waals surface area contributed by atoms with E-state index in [1.165, 1.54) is 25.0 Å². The third-order valence-corrected chi connectivity index (χ3v) is 6.25. The summed E-state index contributed by atoms with van der Waals surface area (Å²) < 4.78 is 54.0. The van der Waals surface area contributed by atoms with E-state index in [9.17, 15) is 18.0 Å². The number of hydrogen-bond acceptors (Lipinski definition) is 6. The van der Waals surface area contributed by atoms with E-state index in [2.05, 4.69) is 10.1 Å². The number of methoxy groups -OCH3 is 1. The van der Waals surface area contributed by atoms with E-state index in [0.29, 0.717) is 45.4 Å². The van der Waals surface area contributed by atoms with Gasteiger partial charge in [0.1, 0.15) is 29.9 Å². The van der Waals surface area contributed by atoms with Crippen molar-refractivity contribution in [2.24, 2.45) is 0 Å². The van der Waals surface area contributed by atoms with Crippen LogP contribution in [0.15, 0.2) is 54.6 Å². The molecule has 1 unspecified atom stereocenters. The van der Waals surface area contributed by atoms with Crippen LogP contribution in [0.2, 0.25) is 5.02 Å². The third-order valence-electron chi connectivity index (χ3n) is 6.00. The summed E-state index contributed by atoms with van der Waals surface area (Å²) in [5.41, 5.74) is 2.52. The van der Waals surface area contributed by atoms with Crippen LogP contribution in [0.4, 0.5) is 24.5 Å². The van der Waals surface area contributed by atoms with Crippen molar-refractivity contribution in [3.63, 3.8) is 0 Å². The van der Waals surface area contributed by atoms with Crippen molar-refractivity contribution < 1.29 is 37.3 Å². The van der Waals surface area contributed by atoms with Crippen LogP contribution in [0.3, 0.4) is 0 Å². The summed E-state index contributed by atoms with van der Waals surface area (Å²) in [5.74, 6) is 0.138. The normalized spacial score (nSPS) is 13.6. The molecule has 1 aliphatic rings. The number of ether oxygens (including phenoxy) is 3. The molecule has 202 valence electrons. The van der Waals surface area contributed by atoms with Crippen LogP contribution in [0.1, 0.15) is 22.7 Å². The van der Waals surface area contributed by atoms with E-state index in [4.69, 9.17) is 26.2 Å². The van der Waals surface area contributed by atoms with E-state index >= 15 is 0 Å². The van der Waals surface area contributed by atoms with Crippen LogP contribution in [0, 0.1) is 6.92 Å². The zero-order valence-corrected chi connectivity index (χ0v) is 21.4. The summed E-state index contributed by atoms with van der Waals surface area (Å²) in [7, 11) is 1.49. The fraction of sp³-hybridized carbons (Fsp3) is 0.296. The van der Waals surface area contributed by atoms with Gasteiger partial charge in [-0.15, -0.1) is 13.2 Å². The summed E-state index contributed by atoms with van der Waals surface area (Å²) in [6, 6.07) is 13.6. The maximum atomic E-state index is 14.0. The lowest BCUT2D eigenvalue weighted by molar-refractivity contribution is -0.274. The second kappa shape index (κ2) is 11.4. The Hall–Kier alpha value is -3.63. The monoisotopic (exact) mass is 550 g/mol. The first-order valence-corrected chi connectivity index (χ1v) is 12.1. The van der Waals surface area contributed by atoms with Crippen LogP contribution >= 0.6 is 11.6 Å². The molecule has 3 aromatic carbocycles. The molecule has 1 heterocycles.